The number of hydrogen-bond acceptors (Lipinski definition) is 3. The Kier molecular flexibility index (Phi) is 4.19. The largest absolute Gasteiger partial charge is 0.329 e. The summed E-state index contributed by atoms with van der Waals surface area (Å²) < 4.78 is 0.851. The van der Waals surface area contributed by atoms with Crippen LogP contribution in [0.2, 0.25) is 4.34 Å². The van der Waals surface area contributed by atoms with E-state index in [9.17, 15) is 0 Å². The van der Waals surface area contributed by atoms with Gasteiger partial charge in [0.2, 0.25) is 0 Å². The van der Waals surface area contributed by atoms with E-state index in [0.29, 0.717) is 12.6 Å². The van der Waals surface area contributed by atoms with Crippen molar-refractivity contribution in [3.8, 4) is 0 Å². The Morgan fingerprint density at radius 3 is 2.77 bits per heavy atom. The summed E-state index contributed by atoms with van der Waals surface area (Å²) in [7, 11) is 2.07. The summed E-state index contributed by atoms with van der Waals surface area (Å²) in [5.41, 5.74) is 5.57. The Hall–Kier alpha value is -0.0900. The molecular weight excluding hydrogens is 204 g/mol. The monoisotopic (exact) mass is 218 g/mol. The van der Waals surface area contributed by atoms with Gasteiger partial charge in [0.05, 0.1) is 4.34 Å². The molecule has 1 aromatic rings. The number of likely N-dealkylation sites (N-methyl/N-ethyl adjacent to an activating group) is 1. The summed E-state index contributed by atoms with van der Waals surface area (Å²) in [5, 5.41) is 0. The van der Waals surface area contributed by atoms with Gasteiger partial charge in [-0.05, 0) is 26.1 Å². The molecule has 1 unspecified atom stereocenters. The fraction of sp³-hybridized carbons (Fsp3) is 0.556. The van der Waals surface area contributed by atoms with Crippen molar-refractivity contribution in [1.29, 1.82) is 0 Å². The zero-order valence-corrected chi connectivity index (χ0v) is 9.53. The lowest BCUT2D eigenvalue weighted by Crippen LogP contribution is -2.34. The molecule has 2 N–H and O–H groups in total. The van der Waals surface area contributed by atoms with Crippen molar-refractivity contribution in [2.24, 2.45) is 5.73 Å². The van der Waals surface area contributed by atoms with Crippen LogP contribution >= 0.6 is 22.9 Å². The van der Waals surface area contributed by atoms with Crippen LogP contribution in [0.1, 0.15) is 11.8 Å². The molecule has 0 saturated carbocycles. The van der Waals surface area contributed by atoms with Crippen LogP contribution in [0.15, 0.2) is 12.1 Å². The minimum atomic E-state index is 0.417. The fourth-order valence-corrected chi connectivity index (χ4v) is 2.17. The normalized spacial score (nSPS) is 13.6. The number of nitrogens with two attached hydrogens (primary N) is 1. The molecule has 1 atom stereocenters. The van der Waals surface area contributed by atoms with Crippen molar-refractivity contribution in [3.05, 3.63) is 21.3 Å². The molecule has 74 valence electrons. The van der Waals surface area contributed by atoms with Gasteiger partial charge in [-0.1, -0.05) is 11.6 Å². The van der Waals surface area contributed by atoms with E-state index in [4.69, 9.17) is 17.3 Å². The molecule has 1 rings (SSSR count). The molecule has 1 heterocycles. The maximum absolute atomic E-state index is 5.83. The first-order chi connectivity index (χ1) is 6.13. The Balaban J connectivity index is 2.49. The van der Waals surface area contributed by atoms with E-state index in [1.54, 1.807) is 11.3 Å². The lowest BCUT2D eigenvalue weighted by Gasteiger charge is -2.22. The third-order valence-electron chi connectivity index (χ3n) is 2.13. The summed E-state index contributed by atoms with van der Waals surface area (Å²) in [6, 6.07) is 4.41. The summed E-state index contributed by atoms with van der Waals surface area (Å²) in [6.07, 6.45) is 0. The highest BCUT2D eigenvalue weighted by Gasteiger charge is 2.08. The average Bonchev–Trinajstić information content (AvgIpc) is 2.49. The van der Waals surface area contributed by atoms with Gasteiger partial charge in [0, 0.05) is 24.0 Å². The van der Waals surface area contributed by atoms with Gasteiger partial charge in [0.1, 0.15) is 0 Å². The van der Waals surface area contributed by atoms with E-state index < -0.39 is 0 Å². The third kappa shape index (κ3) is 3.27. The number of nitrogens with zero attached hydrogens (tertiary/aromatic N) is 1. The molecule has 2 nitrogen and oxygen atoms in total. The SMILES string of the molecule is CC(CN)N(C)Cc1ccc(Cl)s1. The smallest absolute Gasteiger partial charge is 0.0931 e. The molecule has 0 aliphatic rings. The lowest BCUT2D eigenvalue weighted by atomic mass is 10.3. The highest BCUT2D eigenvalue weighted by atomic mass is 35.5. The van der Waals surface area contributed by atoms with Gasteiger partial charge in [-0.25, -0.2) is 0 Å². The minimum absolute atomic E-state index is 0.417. The van der Waals surface area contributed by atoms with E-state index >= 15 is 0 Å². The second kappa shape index (κ2) is 4.96. The molecule has 0 aromatic carbocycles. The summed E-state index contributed by atoms with van der Waals surface area (Å²) in [6.45, 7) is 3.74. The molecular formula is C9H15ClN2S. The highest BCUT2D eigenvalue weighted by molar-refractivity contribution is 7.16. The van der Waals surface area contributed by atoms with Crippen molar-refractivity contribution in [2.45, 2.75) is 19.5 Å². The van der Waals surface area contributed by atoms with Crippen LogP contribution < -0.4 is 5.73 Å². The van der Waals surface area contributed by atoms with Gasteiger partial charge in [0.25, 0.3) is 0 Å². The van der Waals surface area contributed by atoms with Gasteiger partial charge in [-0.3, -0.25) is 4.90 Å². The van der Waals surface area contributed by atoms with Crippen molar-refractivity contribution >= 4 is 22.9 Å². The van der Waals surface area contributed by atoms with Crippen LogP contribution in [0.4, 0.5) is 0 Å². The van der Waals surface area contributed by atoms with E-state index in [0.717, 1.165) is 10.9 Å². The van der Waals surface area contributed by atoms with Crippen LogP contribution in [0.25, 0.3) is 0 Å². The first kappa shape index (κ1) is 11.0. The Morgan fingerprint density at radius 1 is 1.62 bits per heavy atom. The molecule has 0 aliphatic heterocycles. The van der Waals surface area contributed by atoms with Crippen molar-refractivity contribution in [3.63, 3.8) is 0 Å². The maximum atomic E-state index is 5.83. The zero-order valence-electron chi connectivity index (χ0n) is 7.96. The second-order valence-electron chi connectivity index (χ2n) is 3.21. The summed E-state index contributed by atoms with van der Waals surface area (Å²) in [5.74, 6) is 0. The Bertz CT molecular complexity index is 262. The Labute approximate surface area is 88.3 Å². The number of halogens is 1. The molecule has 0 spiro atoms. The first-order valence-electron chi connectivity index (χ1n) is 4.28. The summed E-state index contributed by atoms with van der Waals surface area (Å²) in [4.78, 5) is 3.51. The lowest BCUT2D eigenvalue weighted by molar-refractivity contribution is 0.257. The molecule has 4 heteroatoms. The second-order valence-corrected chi connectivity index (χ2v) is 5.01. The molecule has 0 radical (unpaired) electrons. The van der Waals surface area contributed by atoms with E-state index in [1.165, 1.54) is 4.88 Å². The standard InChI is InChI=1S/C9H15ClN2S/c1-7(5-11)12(2)6-8-3-4-9(10)13-8/h3-4,7H,5-6,11H2,1-2H3. The van der Waals surface area contributed by atoms with Crippen molar-refractivity contribution < 1.29 is 0 Å². The molecule has 0 saturated heterocycles. The fourth-order valence-electron chi connectivity index (χ4n) is 1.02. The number of hydrogen-bond donors (Lipinski definition) is 1. The van der Waals surface area contributed by atoms with Gasteiger partial charge in [0.15, 0.2) is 0 Å². The van der Waals surface area contributed by atoms with Crippen molar-refractivity contribution in [2.75, 3.05) is 13.6 Å². The predicted octanol–water partition coefficient (Wildman–Crippen LogP) is 2.18. The average molecular weight is 219 g/mol. The summed E-state index contributed by atoms with van der Waals surface area (Å²) >= 11 is 7.46. The van der Waals surface area contributed by atoms with Crippen molar-refractivity contribution in [1.82, 2.24) is 4.90 Å². The third-order valence-corrected chi connectivity index (χ3v) is 3.34. The minimum Gasteiger partial charge on any atom is -0.329 e. The molecule has 0 fully saturated rings. The molecule has 0 amide bonds. The molecule has 13 heavy (non-hydrogen) atoms. The van der Waals surface area contributed by atoms with Crippen LogP contribution in [-0.2, 0) is 6.54 Å². The van der Waals surface area contributed by atoms with Crippen LogP contribution in [0.5, 0.6) is 0 Å². The van der Waals surface area contributed by atoms with E-state index in [-0.39, 0.29) is 0 Å². The Morgan fingerprint density at radius 2 is 2.31 bits per heavy atom. The topological polar surface area (TPSA) is 29.3 Å². The quantitative estimate of drug-likeness (QED) is 0.840. The van der Waals surface area contributed by atoms with Crippen LogP contribution in [0, 0.1) is 0 Å². The highest BCUT2D eigenvalue weighted by Crippen LogP contribution is 2.22. The molecule has 0 bridgehead atoms. The first-order valence-corrected chi connectivity index (χ1v) is 5.47. The number of rotatable bonds is 4. The zero-order chi connectivity index (χ0) is 9.84. The van der Waals surface area contributed by atoms with Crippen LogP contribution in [0.3, 0.4) is 0 Å². The maximum Gasteiger partial charge on any atom is 0.0931 e. The van der Waals surface area contributed by atoms with Gasteiger partial charge < -0.3 is 5.73 Å². The predicted molar refractivity (Wildman–Crippen MR) is 59.3 cm³/mol. The van der Waals surface area contributed by atoms with E-state index in [1.807, 2.05) is 6.07 Å². The van der Waals surface area contributed by atoms with Gasteiger partial charge >= 0.3 is 0 Å². The molecule has 1 aromatic heterocycles. The molecule has 0 aliphatic carbocycles. The van der Waals surface area contributed by atoms with Gasteiger partial charge in [-0.2, -0.15) is 0 Å². The van der Waals surface area contributed by atoms with E-state index in [2.05, 4.69) is 24.9 Å². The number of thiophene rings is 1. The van der Waals surface area contributed by atoms with Gasteiger partial charge in [-0.15, -0.1) is 11.3 Å². The van der Waals surface area contributed by atoms with Crippen LogP contribution in [-0.4, -0.2) is 24.5 Å².